The summed E-state index contributed by atoms with van der Waals surface area (Å²) in [5, 5.41) is 9.85. The third-order valence-electron chi connectivity index (χ3n) is 2.58. The van der Waals surface area contributed by atoms with E-state index >= 15 is 0 Å². The molecule has 1 fully saturated rings. The van der Waals surface area contributed by atoms with Crippen molar-refractivity contribution in [1.29, 1.82) is 0 Å². The maximum Gasteiger partial charge on any atom is 0.328 e. The summed E-state index contributed by atoms with van der Waals surface area (Å²) in [5.74, 6) is -1.25. The molecule has 4 amide bonds. The molecule has 0 radical (unpaired) electrons. The number of aliphatic hydroxyl groups is 1. The number of carbonyl (C=O) groups excluding carboxylic acids is 3. The molecule has 8 heteroatoms. The monoisotopic (exact) mass is 245 g/mol. The lowest BCUT2D eigenvalue weighted by atomic mass is 10.00. The van der Waals surface area contributed by atoms with Gasteiger partial charge in [0.25, 0.3) is 5.91 Å². The zero-order chi connectivity index (χ0) is 13.4. The molecule has 8 nitrogen and oxygen atoms in total. The van der Waals surface area contributed by atoms with Gasteiger partial charge in [0, 0.05) is 21.0 Å². The van der Waals surface area contributed by atoms with E-state index in [-0.39, 0.29) is 0 Å². The van der Waals surface area contributed by atoms with E-state index < -0.39 is 29.7 Å². The van der Waals surface area contributed by atoms with Crippen LogP contribution in [-0.2, 0) is 14.4 Å². The van der Waals surface area contributed by atoms with E-state index in [9.17, 15) is 19.5 Å². The smallest absolute Gasteiger partial charge is 0.328 e. The second-order valence-electron chi connectivity index (χ2n) is 4.00. The summed E-state index contributed by atoms with van der Waals surface area (Å²) < 4.78 is 0. The highest BCUT2D eigenvalue weighted by atomic mass is 16.7. The largest absolute Gasteiger partial charge is 0.370 e. The molecular formula is C9H15N3O5. The molecule has 0 aromatic rings. The number of aliphatic hydroxyl groups excluding tert-OH is 1. The van der Waals surface area contributed by atoms with E-state index in [1.807, 2.05) is 5.48 Å². The highest BCUT2D eigenvalue weighted by Crippen LogP contribution is 2.25. The van der Waals surface area contributed by atoms with Gasteiger partial charge >= 0.3 is 6.03 Å². The first-order chi connectivity index (χ1) is 7.71. The van der Waals surface area contributed by atoms with E-state index in [1.165, 1.54) is 27.9 Å². The van der Waals surface area contributed by atoms with E-state index in [4.69, 9.17) is 4.84 Å². The Labute approximate surface area is 98.1 Å². The molecule has 0 saturated carbocycles. The van der Waals surface area contributed by atoms with Crippen LogP contribution in [0.25, 0.3) is 0 Å². The average molecular weight is 245 g/mol. The number of hydrogen-bond donors (Lipinski definition) is 2. The number of likely N-dealkylation sites (N-methyl/N-ethyl adjacent to an activating group) is 2. The van der Waals surface area contributed by atoms with E-state index in [0.717, 1.165) is 9.80 Å². The standard InChI is InChI=1S/C9H15N3O5/c1-5(13)10-17-9(2)6(14)11(3)8(16)12(4)7(9)15/h6,14H,1-4H3,(H,10,13). The molecule has 1 heterocycles. The van der Waals surface area contributed by atoms with Gasteiger partial charge in [-0.2, -0.15) is 0 Å². The van der Waals surface area contributed by atoms with Gasteiger partial charge in [0.05, 0.1) is 0 Å². The fourth-order valence-electron chi connectivity index (χ4n) is 1.52. The molecule has 1 rings (SSSR count). The normalized spacial score (nSPS) is 29.6. The number of amides is 4. The summed E-state index contributed by atoms with van der Waals surface area (Å²) in [4.78, 5) is 40.8. The third kappa shape index (κ3) is 2.08. The highest BCUT2D eigenvalue weighted by molar-refractivity contribution is 6.01. The van der Waals surface area contributed by atoms with Gasteiger partial charge in [0.1, 0.15) is 0 Å². The van der Waals surface area contributed by atoms with Gasteiger partial charge in [-0.15, -0.1) is 0 Å². The lowest BCUT2D eigenvalue weighted by Crippen LogP contribution is -2.70. The summed E-state index contributed by atoms with van der Waals surface area (Å²) in [6.45, 7) is 2.48. The first kappa shape index (κ1) is 13.4. The first-order valence-electron chi connectivity index (χ1n) is 4.89. The Balaban J connectivity index is 2.99. The molecular weight excluding hydrogens is 230 g/mol. The number of urea groups is 1. The van der Waals surface area contributed by atoms with Crippen LogP contribution in [0.2, 0.25) is 0 Å². The van der Waals surface area contributed by atoms with Gasteiger partial charge < -0.3 is 5.11 Å². The Bertz CT molecular complexity index is 372. The second kappa shape index (κ2) is 4.30. The van der Waals surface area contributed by atoms with Crippen molar-refractivity contribution in [1.82, 2.24) is 15.3 Å². The van der Waals surface area contributed by atoms with Crippen molar-refractivity contribution in [3.8, 4) is 0 Å². The average Bonchev–Trinajstić information content (AvgIpc) is 2.29. The quantitative estimate of drug-likeness (QED) is 0.586. The number of hydroxylamine groups is 1. The van der Waals surface area contributed by atoms with Gasteiger partial charge in [0.15, 0.2) is 6.23 Å². The minimum Gasteiger partial charge on any atom is -0.370 e. The molecule has 0 bridgehead atoms. The zero-order valence-electron chi connectivity index (χ0n) is 10.1. The fraction of sp³-hybridized carbons (Fsp3) is 0.667. The lowest BCUT2D eigenvalue weighted by Gasteiger charge is -2.44. The zero-order valence-corrected chi connectivity index (χ0v) is 10.1. The van der Waals surface area contributed by atoms with Crippen LogP contribution in [0, 0.1) is 0 Å². The van der Waals surface area contributed by atoms with E-state index in [2.05, 4.69) is 0 Å². The van der Waals surface area contributed by atoms with Crippen molar-refractivity contribution in [2.75, 3.05) is 14.1 Å². The summed E-state index contributed by atoms with van der Waals surface area (Å²) >= 11 is 0. The van der Waals surface area contributed by atoms with Crippen molar-refractivity contribution < 1.29 is 24.3 Å². The van der Waals surface area contributed by atoms with Gasteiger partial charge in [-0.3, -0.25) is 24.2 Å². The van der Waals surface area contributed by atoms with Crippen molar-refractivity contribution in [3.63, 3.8) is 0 Å². The molecule has 17 heavy (non-hydrogen) atoms. The Hall–Kier alpha value is -1.67. The predicted molar refractivity (Wildman–Crippen MR) is 55.2 cm³/mol. The predicted octanol–water partition coefficient (Wildman–Crippen LogP) is -1.34. The van der Waals surface area contributed by atoms with Gasteiger partial charge in [-0.25, -0.2) is 10.3 Å². The molecule has 2 unspecified atom stereocenters. The second-order valence-corrected chi connectivity index (χ2v) is 4.00. The number of hydrogen-bond acceptors (Lipinski definition) is 5. The number of nitrogens with zero attached hydrogens (tertiary/aromatic N) is 2. The topological polar surface area (TPSA) is 99.2 Å². The molecule has 0 aromatic carbocycles. The van der Waals surface area contributed by atoms with Gasteiger partial charge in [-0.1, -0.05) is 0 Å². The maximum absolute atomic E-state index is 11.9. The Kier molecular flexibility index (Phi) is 3.39. The van der Waals surface area contributed by atoms with Crippen LogP contribution in [0.4, 0.5) is 4.79 Å². The SMILES string of the molecule is CC(=O)NOC1(C)C(=O)N(C)C(=O)N(C)C1O. The summed E-state index contributed by atoms with van der Waals surface area (Å²) in [6, 6.07) is -0.647. The highest BCUT2D eigenvalue weighted by Gasteiger charge is 2.54. The van der Waals surface area contributed by atoms with Crippen molar-refractivity contribution >= 4 is 17.8 Å². The Morgan fingerprint density at radius 1 is 1.47 bits per heavy atom. The van der Waals surface area contributed by atoms with Crippen LogP contribution < -0.4 is 5.48 Å². The lowest BCUT2D eigenvalue weighted by molar-refractivity contribution is -0.211. The minimum atomic E-state index is -1.73. The third-order valence-corrected chi connectivity index (χ3v) is 2.58. The minimum absolute atomic E-state index is 0.520. The molecule has 1 saturated heterocycles. The molecule has 1 aliphatic rings. The van der Waals surface area contributed by atoms with Crippen molar-refractivity contribution in [2.45, 2.75) is 25.7 Å². The molecule has 1 aliphatic heterocycles. The van der Waals surface area contributed by atoms with Crippen LogP contribution >= 0.6 is 0 Å². The molecule has 0 aliphatic carbocycles. The summed E-state index contributed by atoms with van der Waals surface area (Å²) in [6.07, 6.45) is -1.48. The number of imide groups is 1. The Morgan fingerprint density at radius 3 is 2.47 bits per heavy atom. The fourth-order valence-corrected chi connectivity index (χ4v) is 1.52. The number of rotatable bonds is 2. The Morgan fingerprint density at radius 2 is 2.00 bits per heavy atom. The molecule has 2 atom stereocenters. The van der Waals surface area contributed by atoms with E-state index in [1.54, 1.807) is 0 Å². The molecule has 2 N–H and O–H groups in total. The molecule has 96 valence electrons. The van der Waals surface area contributed by atoms with Crippen LogP contribution in [-0.4, -0.2) is 58.7 Å². The van der Waals surface area contributed by atoms with Crippen molar-refractivity contribution in [3.05, 3.63) is 0 Å². The van der Waals surface area contributed by atoms with Crippen LogP contribution in [0.1, 0.15) is 13.8 Å². The molecule has 0 spiro atoms. The van der Waals surface area contributed by atoms with Crippen LogP contribution in [0.5, 0.6) is 0 Å². The van der Waals surface area contributed by atoms with Crippen molar-refractivity contribution in [2.24, 2.45) is 0 Å². The number of nitrogens with one attached hydrogen (secondary N) is 1. The van der Waals surface area contributed by atoms with E-state index in [0.29, 0.717) is 0 Å². The molecule has 0 aromatic heterocycles. The summed E-state index contributed by atoms with van der Waals surface area (Å²) in [5.41, 5.74) is 0.255. The van der Waals surface area contributed by atoms with Crippen LogP contribution in [0.15, 0.2) is 0 Å². The van der Waals surface area contributed by atoms with Crippen LogP contribution in [0.3, 0.4) is 0 Å². The summed E-state index contributed by atoms with van der Waals surface area (Å²) in [7, 11) is 2.59. The maximum atomic E-state index is 11.9. The van der Waals surface area contributed by atoms with Gasteiger partial charge in [-0.05, 0) is 6.92 Å². The van der Waals surface area contributed by atoms with Gasteiger partial charge in [0.2, 0.25) is 11.5 Å². The number of carbonyl (C=O) groups is 3. The first-order valence-corrected chi connectivity index (χ1v) is 4.89.